The second kappa shape index (κ2) is 9.38. The van der Waals surface area contributed by atoms with E-state index in [-0.39, 0.29) is 6.04 Å². The van der Waals surface area contributed by atoms with E-state index in [1.165, 1.54) is 27.6 Å². The number of H-pyrrole nitrogens is 1. The normalized spacial score (nSPS) is 15.9. The van der Waals surface area contributed by atoms with Crippen molar-refractivity contribution in [1.82, 2.24) is 9.88 Å². The molecule has 1 aromatic heterocycles. The first kappa shape index (κ1) is 21.7. The number of nitrogens with zero attached hydrogens (tertiary/aromatic N) is 1. The Morgan fingerprint density at radius 1 is 1.03 bits per heavy atom. The first-order valence-corrected chi connectivity index (χ1v) is 11.6. The Balaban J connectivity index is 1.49. The van der Waals surface area contributed by atoms with Gasteiger partial charge in [-0.25, -0.2) is 0 Å². The van der Waals surface area contributed by atoms with Gasteiger partial charge in [0.15, 0.2) is 11.5 Å². The number of aromatic nitrogens is 1. The van der Waals surface area contributed by atoms with Crippen LogP contribution in [-0.4, -0.2) is 37.3 Å². The Morgan fingerprint density at radius 2 is 1.79 bits per heavy atom. The smallest absolute Gasteiger partial charge is 0.161 e. The third kappa shape index (κ3) is 4.39. The Bertz CT molecular complexity index is 1250. The van der Waals surface area contributed by atoms with Crippen molar-refractivity contribution in [3.05, 3.63) is 88.6 Å². The fourth-order valence-corrected chi connectivity index (χ4v) is 4.90. The molecule has 0 saturated heterocycles. The lowest BCUT2D eigenvalue weighted by atomic mass is 9.88. The summed E-state index contributed by atoms with van der Waals surface area (Å²) in [5.41, 5.74) is 6.15. The number of anilines is 1. The summed E-state index contributed by atoms with van der Waals surface area (Å²) in [6, 6.07) is 20.8. The minimum Gasteiger partial charge on any atom is -0.493 e. The summed E-state index contributed by atoms with van der Waals surface area (Å²) in [7, 11) is 3.39. The molecule has 5 rings (SSSR count). The van der Waals surface area contributed by atoms with Crippen molar-refractivity contribution in [1.29, 1.82) is 0 Å². The monoisotopic (exact) mass is 461 g/mol. The summed E-state index contributed by atoms with van der Waals surface area (Å²) in [4.78, 5) is 5.93. The molecule has 3 aromatic carbocycles. The summed E-state index contributed by atoms with van der Waals surface area (Å²) >= 11 is 6.06. The van der Waals surface area contributed by atoms with E-state index >= 15 is 0 Å². The van der Waals surface area contributed by atoms with E-state index in [1.807, 2.05) is 24.3 Å². The van der Waals surface area contributed by atoms with E-state index in [0.29, 0.717) is 0 Å². The molecule has 0 fully saturated rings. The molecule has 4 aromatic rings. The van der Waals surface area contributed by atoms with Gasteiger partial charge in [0, 0.05) is 40.4 Å². The number of hydrogen-bond acceptors (Lipinski definition) is 4. The molecule has 0 bridgehead atoms. The number of halogens is 1. The van der Waals surface area contributed by atoms with Crippen molar-refractivity contribution in [2.24, 2.45) is 0 Å². The number of rotatable bonds is 7. The van der Waals surface area contributed by atoms with E-state index in [4.69, 9.17) is 21.1 Å². The van der Waals surface area contributed by atoms with Crippen molar-refractivity contribution in [3.63, 3.8) is 0 Å². The molecule has 2 heterocycles. The van der Waals surface area contributed by atoms with Crippen LogP contribution in [0.15, 0.2) is 66.9 Å². The summed E-state index contributed by atoms with van der Waals surface area (Å²) in [6.45, 7) is 1.69. The van der Waals surface area contributed by atoms with Crippen molar-refractivity contribution >= 4 is 28.2 Å². The molecule has 0 saturated carbocycles. The van der Waals surface area contributed by atoms with Gasteiger partial charge in [-0.1, -0.05) is 29.8 Å². The van der Waals surface area contributed by atoms with E-state index in [2.05, 4.69) is 57.8 Å². The number of methoxy groups -OCH3 is 2. The number of fused-ring (bicyclic) bond motifs is 2. The molecular formula is C27H28ClN3O2. The first-order chi connectivity index (χ1) is 16.2. The Labute approximate surface area is 199 Å². The summed E-state index contributed by atoms with van der Waals surface area (Å²) in [5.74, 6) is 1.56. The van der Waals surface area contributed by atoms with Gasteiger partial charge in [0.2, 0.25) is 0 Å². The second-order valence-electron chi connectivity index (χ2n) is 8.39. The van der Waals surface area contributed by atoms with Crippen LogP contribution in [0.2, 0.25) is 5.02 Å². The van der Waals surface area contributed by atoms with E-state index < -0.39 is 0 Å². The molecule has 1 aliphatic heterocycles. The van der Waals surface area contributed by atoms with Gasteiger partial charge in [-0.05, 0) is 72.0 Å². The highest BCUT2D eigenvalue weighted by Gasteiger charge is 2.30. The van der Waals surface area contributed by atoms with Crippen LogP contribution < -0.4 is 14.8 Å². The fraction of sp³-hybridized carbons (Fsp3) is 0.259. The molecule has 2 N–H and O–H groups in total. The van der Waals surface area contributed by atoms with Crippen LogP contribution in [0.25, 0.3) is 10.9 Å². The van der Waals surface area contributed by atoms with Gasteiger partial charge in [0.1, 0.15) is 0 Å². The first-order valence-electron chi connectivity index (χ1n) is 11.2. The highest BCUT2D eigenvalue weighted by atomic mass is 35.5. The molecule has 0 aliphatic carbocycles. The van der Waals surface area contributed by atoms with Crippen LogP contribution in [0.3, 0.4) is 0 Å². The molecule has 6 heteroatoms. The average Bonchev–Trinajstić information content (AvgIpc) is 3.26. The zero-order valence-electron chi connectivity index (χ0n) is 18.9. The van der Waals surface area contributed by atoms with Crippen LogP contribution in [0.4, 0.5) is 5.69 Å². The highest BCUT2D eigenvalue weighted by molar-refractivity contribution is 6.30. The third-order valence-corrected chi connectivity index (χ3v) is 6.78. The summed E-state index contributed by atoms with van der Waals surface area (Å²) < 4.78 is 11.2. The molecule has 170 valence electrons. The topological polar surface area (TPSA) is 49.5 Å². The largest absolute Gasteiger partial charge is 0.493 e. The summed E-state index contributed by atoms with van der Waals surface area (Å²) in [6.07, 6.45) is 4.00. The van der Waals surface area contributed by atoms with Gasteiger partial charge in [0.25, 0.3) is 0 Å². The predicted octanol–water partition coefficient (Wildman–Crippen LogP) is 6.05. The number of nitrogens with one attached hydrogen (secondary N) is 2. The number of benzene rings is 3. The molecule has 1 atom stereocenters. The van der Waals surface area contributed by atoms with Gasteiger partial charge in [-0.3, -0.25) is 4.90 Å². The standard InChI is InChI=1S/C27H28ClN3O2/c1-32-26-14-18-11-12-31(17-30-21-9-7-20(28)8-10-21)25(23(18)15-27(26)33-2)13-19-16-29-24-6-4-3-5-22(19)24/h3-10,14-16,25,29-30H,11-13,17H2,1-2H3. The molecule has 0 radical (unpaired) electrons. The maximum Gasteiger partial charge on any atom is 0.161 e. The number of aromatic amines is 1. The van der Waals surface area contributed by atoms with Gasteiger partial charge >= 0.3 is 0 Å². The van der Waals surface area contributed by atoms with Crippen LogP contribution in [0.5, 0.6) is 11.5 Å². The van der Waals surface area contributed by atoms with Gasteiger partial charge < -0.3 is 19.8 Å². The molecule has 33 heavy (non-hydrogen) atoms. The summed E-state index contributed by atoms with van der Waals surface area (Å²) in [5, 5.41) is 5.59. The van der Waals surface area contributed by atoms with E-state index in [1.54, 1.807) is 14.2 Å². The number of para-hydroxylation sites is 1. The van der Waals surface area contributed by atoms with Crippen LogP contribution in [-0.2, 0) is 12.8 Å². The van der Waals surface area contributed by atoms with Gasteiger partial charge in [0.05, 0.1) is 20.9 Å². The lowest BCUT2D eigenvalue weighted by Crippen LogP contribution is -2.39. The van der Waals surface area contributed by atoms with Gasteiger partial charge in [-0.2, -0.15) is 0 Å². The zero-order chi connectivity index (χ0) is 22.8. The quantitative estimate of drug-likeness (QED) is 0.351. The minimum absolute atomic E-state index is 0.201. The molecule has 0 spiro atoms. The van der Waals surface area contributed by atoms with Crippen LogP contribution >= 0.6 is 11.6 Å². The molecule has 1 unspecified atom stereocenters. The van der Waals surface area contributed by atoms with Crippen molar-refractivity contribution in [3.8, 4) is 11.5 Å². The zero-order valence-corrected chi connectivity index (χ0v) is 19.7. The van der Waals surface area contributed by atoms with Crippen molar-refractivity contribution in [2.45, 2.75) is 18.9 Å². The van der Waals surface area contributed by atoms with Crippen LogP contribution in [0.1, 0.15) is 22.7 Å². The maximum absolute atomic E-state index is 6.06. The third-order valence-electron chi connectivity index (χ3n) is 6.53. The van der Waals surface area contributed by atoms with E-state index in [9.17, 15) is 0 Å². The van der Waals surface area contributed by atoms with Crippen molar-refractivity contribution in [2.75, 3.05) is 32.7 Å². The lowest BCUT2D eigenvalue weighted by molar-refractivity contribution is 0.196. The van der Waals surface area contributed by atoms with Crippen molar-refractivity contribution < 1.29 is 9.47 Å². The Morgan fingerprint density at radius 3 is 2.58 bits per heavy atom. The minimum atomic E-state index is 0.201. The number of hydrogen-bond donors (Lipinski definition) is 2. The van der Waals surface area contributed by atoms with E-state index in [0.717, 1.165) is 48.3 Å². The molecule has 5 nitrogen and oxygen atoms in total. The molecule has 1 aliphatic rings. The van der Waals surface area contributed by atoms with Gasteiger partial charge in [-0.15, -0.1) is 0 Å². The number of ether oxygens (including phenoxy) is 2. The Kier molecular flexibility index (Phi) is 6.16. The maximum atomic E-state index is 6.06. The predicted molar refractivity (Wildman–Crippen MR) is 135 cm³/mol. The molecular weight excluding hydrogens is 434 g/mol. The van der Waals surface area contributed by atoms with Crippen LogP contribution in [0, 0.1) is 0 Å². The second-order valence-corrected chi connectivity index (χ2v) is 8.83. The SMILES string of the molecule is COc1cc2c(cc1OC)C(Cc1c[nH]c3ccccc13)N(CNc1ccc(Cl)cc1)CC2. The Hall–Kier alpha value is -3.15. The average molecular weight is 462 g/mol. The highest BCUT2D eigenvalue weighted by Crippen LogP contribution is 2.40. The lowest BCUT2D eigenvalue weighted by Gasteiger charge is -2.38. The fourth-order valence-electron chi connectivity index (χ4n) is 4.78. The molecule has 0 amide bonds.